The molecule has 1 heterocycles. The summed E-state index contributed by atoms with van der Waals surface area (Å²) >= 11 is 0. The Morgan fingerprint density at radius 1 is 0.786 bits per heavy atom. The molecule has 0 aliphatic rings. The van der Waals surface area contributed by atoms with Crippen LogP contribution in [0.4, 0.5) is 0 Å². The van der Waals surface area contributed by atoms with Crippen LogP contribution in [-0.2, 0) is 6.54 Å². The second-order valence-electron chi connectivity index (χ2n) is 6.75. The molecule has 3 rings (SSSR count). The van der Waals surface area contributed by atoms with E-state index in [1.165, 1.54) is 0 Å². The maximum Gasteiger partial charge on any atom is 0.181 e. The molecule has 0 unspecified atom stereocenters. The first-order valence-corrected chi connectivity index (χ1v) is 9.64. The predicted octanol–water partition coefficient (Wildman–Crippen LogP) is 5.03. The monoisotopic (exact) mass is 372 g/mol. The molecule has 28 heavy (non-hydrogen) atoms. The molecule has 4 heteroatoms. The van der Waals surface area contributed by atoms with Gasteiger partial charge in [-0.25, -0.2) is 0 Å². The minimum absolute atomic E-state index is 0.0540. The Morgan fingerprint density at radius 3 is 2.04 bits per heavy atom. The number of hydrogen-bond acceptors (Lipinski definition) is 3. The van der Waals surface area contributed by atoms with Gasteiger partial charge in [-0.15, -0.1) is 0 Å². The minimum Gasteiger partial charge on any atom is -0.494 e. The summed E-state index contributed by atoms with van der Waals surface area (Å²) in [6, 6.07) is 21.0. The largest absolute Gasteiger partial charge is 0.494 e. The molecule has 0 amide bonds. The van der Waals surface area contributed by atoms with Crippen molar-refractivity contribution < 1.29 is 4.74 Å². The molecule has 3 aromatic rings. The normalized spacial score (nSPS) is 10.4. The number of benzene rings is 2. The first-order chi connectivity index (χ1) is 13.7. The third-order valence-electron chi connectivity index (χ3n) is 4.64. The predicted molar refractivity (Wildman–Crippen MR) is 111 cm³/mol. The molecule has 2 aromatic carbocycles. The van der Waals surface area contributed by atoms with Crippen molar-refractivity contribution in [2.45, 2.75) is 32.2 Å². The van der Waals surface area contributed by atoms with Gasteiger partial charge in [0, 0.05) is 31.1 Å². The number of nitrogens with zero attached hydrogens (tertiary/aromatic N) is 2. The number of aryl methyl sites for hydroxylation is 1. The molecule has 0 aliphatic carbocycles. The average molecular weight is 372 g/mol. The van der Waals surface area contributed by atoms with E-state index in [9.17, 15) is 4.79 Å². The number of aromatic nitrogens is 1. The Bertz CT molecular complexity index is 947. The maximum absolute atomic E-state index is 11.1. The van der Waals surface area contributed by atoms with Crippen molar-refractivity contribution in [1.29, 1.82) is 5.26 Å². The van der Waals surface area contributed by atoms with Crippen LogP contribution in [0.15, 0.2) is 77.9 Å². The van der Waals surface area contributed by atoms with Gasteiger partial charge in [0.05, 0.1) is 18.2 Å². The summed E-state index contributed by atoms with van der Waals surface area (Å²) in [5, 5.41) is 8.87. The van der Waals surface area contributed by atoms with Gasteiger partial charge < -0.3 is 9.30 Å². The van der Waals surface area contributed by atoms with E-state index < -0.39 is 0 Å². The Hall–Kier alpha value is -3.32. The van der Waals surface area contributed by atoms with Crippen LogP contribution in [0.1, 0.15) is 31.2 Å². The van der Waals surface area contributed by atoms with E-state index in [2.05, 4.69) is 6.07 Å². The van der Waals surface area contributed by atoms with Gasteiger partial charge >= 0.3 is 0 Å². The second-order valence-corrected chi connectivity index (χ2v) is 6.75. The quantitative estimate of drug-likeness (QED) is 0.495. The highest BCUT2D eigenvalue weighted by Gasteiger charge is 2.00. The topological polar surface area (TPSA) is 55.0 Å². The van der Waals surface area contributed by atoms with E-state index in [1.807, 2.05) is 65.5 Å². The van der Waals surface area contributed by atoms with Crippen molar-refractivity contribution in [3.8, 4) is 22.9 Å². The smallest absolute Gasteiger partial charge is 0.181 e. The molecule has 0 aliphatic heterocycles. The SMILES string of the molecule is N#Cc1ccc(-c2ccc(OCCCCCCn3ccc(=O)cc3)cc2)cc1. The van der Waals surface area contributed by atoms with Crippen molar-refractivity contribution in [2.75, 3.05) is 6.61 Å². The second kappa shape index (κ2) is 10.1. The van der Waals surface area contributed by atoms with Crippen molar-refractivity contribution in [2.24, 2.45) is 0 Å². The number of unbranched alkanes of at least 4 members (excludes halogenated alkanes) is 3. The molecule has 0 radical (unpaired) electrons. The number of rotatable bonds is 9. The molecule has 0 atom stereocenters. The summed E-state index contributed by atoms with van der Waals surface area (Å²) in [6.07, 6.45) is 8.08. The van der Waals surface area contributed by atoms with Gasteiger partial charge in [-0.05, 0) is 48.2 Å². The van der Waals surface area contributed by atoms with Gasteiger partial charge in [0.2, 0.25) is 0 Å². The molecule has 1 aromatic heterocycles. The van der Waals surface area contributed by atoms with Crippen molar-refractivity contribution in [3.05, 3.63) is 88.8 Å². The average Bonchev–Trinajstić information content (AvgIpc) is 2.75. The molecule has 0 saturated heterocycles. The van der Waals surface area contributed by atoms with Gasteiger partial charge in [0.25, 0.3) is 0 Å². The lowest BCUT2D eigenvalue weighted by atomic mass is 10.0. The summed E-state index contributed by atoms with van der Waals surface area (Å²) in [5.74, 6) is 0.880. The first-order valence-electron chi connectivity index (χ1n) is 9.64. The fourth-order valence-corrected chi connectivity index (χ4v) is 3.01. The van der Waals surface area contributed by atoms with Crippen LogP contribution >= 0.6 is 0 Å². The van der Waals surface area contributed by atoms with E-state index in [-0.39, 0.29) is 5.43 Å². The molecule has 142 valence electrons. The third kappa shape index (κ3) is 5.85. The molecular formula is C24H24N2O2. The molecular weight excluding hydrogens is 348 g/mol. The van der Waals surface area contributed by atoms with Crippen LogP contribution in [0.3, 0.4) is 0 Å². The third-order valence-corrected chi connectivity index (χ3v) is 4.64. The van der Waals surface area contributed by atoms with Crippen molar-refractivity contribution in [1.82, 2.24) is 4.57 Å². The van der Waals surface area contributed by atoms with Gasteiger partial charge in [-0.2, -0.15) is 5.26 Å². The zero-order valence-corrected chi connectivity index (χ0v) is 15.9. The number of hydrogen-bond donors (Lipinski definition) is 0. The highest BCUT2D eigenvalue weighted by molar-refractivity contribution is 5.64. The van der Waals surface area contributed by atoms with E-state index in [0.29, 0.717) is 12.2 Å². The van der Waals surface area contributed by atoms with Crippen LogP contribution < -0.4 is 10.2 Å². The standard InChI is InChI=1S/C24H24N2O2/c25-19-20-5-7-21(8-6-20)22-9-11-24(12-10-22)28-18-4-2-1-3-15-26-16-13-23(27)14-17-26/h5-14,16-17H,1-4,15,18H2. The first kappa shape index (κ1) is 19.4. The van der Waals surface area contributed by atoms with E-state index in [0.717, 1.165) is 49.1 Å². The number of ether oxygens (including phenoxy) is 1. The zero-order chi connectivity index (χ0) is 19.6. The minimum atomic E-state index is 0.0540. The highest BCUT2D eigenvalue weighted by Crippen LogP contribution is 2.23. The van der Waals surface area contributed by atoms with E-state index >= 15 is 0 Å². The fraction of sp³-hybridized carbons (Fsp3) is 0.250. The molecule has 4 nitrogen and oxygen atoms in total. The molecule has 0 saturated carbocycles. The number of nitriles is 1. The summed E-state index contributed by atoms with van der Waals surface area (Å²) in [5.41, 5.74) is 2.92. The Morgan fingerprint density at radius 2 is 1.39 bits per heavy atom. The van der Waals surface area contributed by atoms with Gasteiger partial charge in [0.1, 0.15) is 5.75 Å². The lowest BCUT2D eigenvalue weighted by molar-refractivity contribution is 0.304. The maximum atomic E-state index is 11.1. The van der Waals surface area contributed by atoms with Crippen LogP contribution in [0.2, 0.25) is 0 Å². The lowest BCUT2D eigenvalue weighted by Crippen LogP contribution is -2.04. The number of pyridine rings is 1. The lowest BCUT2D eigenvalue weighted by Gasteiger charge is -2.08. The van der Waals surface area contributed by atoms with E-state index in [1.54, 1.807) is 12.1 Å². The highest BCUT2D eigenvalue weighted by atomic mass is 16.5. The van der Waals surface area contributed by atoms with Crippen LogP contribution in [0.25, 0.3) is 11.1 Å². The van der Waals surface area contributed by atoms with Crippen molar-refractivity contribution >= 4 is 0 Å². The van der Waals surface area contributed by atoms with Gasteiger partial charge in [-0.1, -0.05) is 37.1 Å². The van der Waals surface area contributed by atoms with Gasteiger partial charge in [-0.3, -0.25) is 4.79 Å². The molecule has 0 spiro atoms. The molecule has 0 bridgehead atoms. The van der Waals surface area contributed by atoms with Crippen LogP contribution in [0, 0.1) is 11.3 Å². The Labute approximate surface area is 165 Å². The van der Waals surface area contributed by atoms with Crippen LogP contribution in [-0.4, -0.2) is 11.2 Å². The fourth-order valence-electron chi connectivity index (χ4n) is 3.01. The Balaban J connectivity index is 1.34. The molecule has 0 fully saturated rings. The van der Waals surface area contributed by atoms with Crippen molar-refractivity contribution in [3.63, 3.8) is 0 Å². The van der Waals surface area contributed by atoms with E-state index in [4.69, 9.17) is 10.00 Å². The van der Waals surface area contributed by atoms with Gasteiger partial charge in [0.15, 0.2) is 5.43 Å². The summed E-state index contributed by atoms with van der Waals surface area (Å²) in [4.78, 5) is 11.1. The Kier molecular flexibility index (Phi) is 7.03. The van der Waals surface area contributed by atoms with Crippen LogP contribution in [0.5, 0.6) is 5.75 Å². The molecule has 0 N–H and O–H groups in total. The summed E-state index contributed by atoms with van der Waals surface area (Å²) in [6.45, 7) is 1.66. The summed E-state index contributed by atoms with van der Waals surface area (Å²) in [7, 11) is 0. The zero-order valence-electron chi connectivity index (χ0n) is 15.9. The summed E-state index contributed by atoms with van der Waals surface area (Å²) < 4.78 is 7.88.